The molecule has 3 aromatic rings. The summed E-state index contributed by atoms with van der Waals surface area (Å²) < 4.78 is 18.7. The minimum Gasteiger partial charge on any atom is -0.467 e. The Hall–Kier alpha value is -3.61. The summed E-state index contributed by atoms with van der Waals surface area (Å²) in [6, 6.07) is 14.4. The number of rotatable bonds is 11. The molecule has 0 saturated heterocycles. The van der Waals surface area contributed by atoms with Gasteiger partial charge < -0.3 is 20.0 Å². The molecule has 2 N–H and O–H groups in total. The van der Waals surface area contributed by atoms with Crippen LogP contribution in [0.4, 0.5) is 15.8 Å². The number of unbranched alkanes of at least 4 members (excludes halogenated alkanes) is 1. The van der Waals surface area contributed by atoms with Crippen LogP contribution in [0.3, 0.4) is 0 Å². The van der Waals surface area contributed by atoms with E-state index in [1.54, 1.807) is 18.4 Å². The van der Waals surface area contributed by atoms with Crippen LogP contribution in [0.2, 0.25) is 0 Å². The van der Waals surface area contributed by atoms with Gasteiger partial charge in [-0.15, -0.1) is 0 Å². The van der Waals surface area contributed by atoms with E-state index >= 15 is 0 Å². The average Bonchev–Trinajstić information content (AvgIpc) is 3.34. The molecule has 174 valence electrons. The minimum absolute atomic E-state index is 0.203. The molecule has 0 atom stereocenters. The van der Waals surface area contributed by atoms with E-state index in [-0.39, 0.29) is 11.8 Å². The molecule has 2 amide bonds. The van der Waals surface area contributed by atoms with Crippen molar-refractivity contribution >= 4 is 23.2 Å². The number of nitrogens with zero attached hydrogens (tertiary/aromatic N) is 1. The van der Waals surface area contributed by atoms with Gasteiger partial charge in [0, 0.05) is 24.3 Å². The number of nitrogens with one attached hydrogen (secondary N) is 2. The lowest BCUT2D eigenvalue weighted by Crippen LogP contribution is -2.30. The van der Waals surface area contributed by atoms with E-state index in [9.17, 15) is 14.0 Å². The highest BCUT2D eigenvalue weighted by Gasteiger charge is 2.19. The lowest BCUT2D eigenvalue weighted by Gasteiger charge is -2.26. The Kier molecular flexibility index (Phi) is 8.63. The highest BCUT2D eigenvalue weighted by Crippen LogP contribution is 2.27. The molecule has 6 nitrogen and oxygen atoms in total. The van der Waals surface area contributed by atoms with Crippen molar-refractivity contribution in [1.82, 2.24) is 5.32 Å². The molecule has 0 saturated carbocycles. The van der Waals surface area contributed by atoms with E-state index in [1.807, 2.05) is 25.1 Å². The molecule has 2 aromatic carbocycles. The summed E-state index contributed by atoms with van der Waals surface area (Å²) in [7, 11) is 0. The van der Waals surface area contributed by atoms with Crippen molar-refractivity contribution in [3.63, 3.8) is 0 Å². The van der Waals surface area contributed by atoms with Crippen LogP contribution in [0.1, 0.15) is 59.6 Å². The molecular formula is C26H30FN3O3. The molecule has 1 heterocycles. The molecule has 3 rings (SSSR count). The molecule has 0 aliphatic carbocycles. The standard InChI is InChI=1S/C26H30FN3O3/c1-3-5-15-30(18-22-7-6-16-33-22)24-13-12-21(17-23(24)26(32)28-14-4-2)29-25(31)19-8-10-20(27)11-9-19/h6-13,16-17H,3-5,14-15,18H2,1-2H3,(H,28,32)(H,29,31). The van der Waals surface area contributed by atoms with E-state index < -0.39 is 5.82 Å². The van der Waals surface area contributed by atoms with E-state index in [0.717, 1.165) is 37.3 Å². The smallest absolute Gasteiger partial charge is 0.255 e. The van der Waals surface area contributed by atoms with Crippen LogP contribution < -0.4 is 15.5 Å². The first-order valence-electron chi connectivity index (χ1n) is 11.3. The monoisotopic (exact) mass is 451 g/mol. The zero-order chi connectivity index (χ0) is 23.6. The van der Waals surface area contributed by atoms with Gasteiger partial charge in [0.05, 0.1) is 24.1 Å². The normalized spacial score (nSPS) is 10.6. The molecule has 0 aliphatic heterocycles. The predicted molar refractivity (Wildman–Crippen MR) is 128 cm³/mol. The number of hydrogen-bond acceptors (Lipinski definition) is 4. The Morgan fingerprint density at radius 3 is 2.45 bits per heavy atom. The van der Waals surface area contributed by atoms with Crippen LogP contribution in [0.25, 0.3) is 0 Å². The van der Waals surface area contributed by atoms with E-state index in [1.165, 1.54) is 24.3 Å². The molecular weight excluding hydrogens is 421 g/mol. The van der Waals surface area contributed by atoms with Crippen molar-refractivity contribution in [3.8, 4) is 0 Å². The molecule has 0 radical (unpaired) electrons. The first-order chi connectivity index (χ1) is 16.0. The Balaban J connectivity index is 1.91. The second kappa shape index (κ2) is 11.9. The number of furan rings is 1. The highest BCUT2D eigenvalue weighted by atomic mass is 19.1. The van der Waals surface area contributed by atoms with E-state index in [2.05, 4.69) is 22.5 Å². The zero-order valence-corrected chi connectivity index (χ0v) is 19.1. The number of carbonyl (C=O) groups is 2. The molecule has 33 heavy (non-hydrogen) atoms. The summed E-state index contributed by atoms with van der Waals surface area (Å²) in [4.78, 5) is 27.7. The fourth-order valence-electron chi connectivity index (χ4n) is 3.43. The third-order valence-corrected chi connectivity index (χ3v) is 5.19. The van der Waals surface area contributed by atoms with Gasteiger partial charge in [-0.1, -0.05) is 20.3 Å². The summed E-state index contributed by atoms with van der Waals surface area (Å²) in [5, 5.41) is 5.74. The number of benzene rings is 2. The molecule has 0 spiro atoms. The van der Waals surface area contributed by atoms with Crippen LogP contribution in [0, 0.1) is 5.82 Å². The summed E-state index contributed by atoms with van der Waals surface area (Å²) >= 11 is 0. The van der Waals surface area contributed by atoms with E-state index in [4.69, 9.17) is 4.42 Å². The first kappa shape index (κ1) is 24.0. The number of amides is 2. The first-order valence-corrected chi connectivity index (χ1v) is 11.3. The maximum absolute atomic E-state index is 13.2. The second-order valence-corrected chi connectivity index (χ2v) is 7.80. The van der Waals surface area contributed by atoms with Crippen LogP contribution in [-0.4, -0.2) is 24.9 Å². The molecule has 7 heteroatoms. The molecule has 0 aliphatic rings. The van der Waals surface area contributed by atoms with Gasteiger partial charge in [-0.25, -0.2) is 4.39 Å². The van der Waals surface area contributed by atoms with Crippen molar-refractivity contribution in [3.05, 3.63) is 83.6 Å². The Bertz CT molecular complexity index is 1050. The van der Waals surface area contributed by atoms with Gasteiger partial charge in [-0.3, -0.25) is 9.59 Å². The van der Waals surface area contributed by atoms with Crippen molar-refractivity contribution in [2.75, 3.05) is 23.3 Å². The van der Waals surface area contributed by atoms with Gasteiger partial charge >= 0.3 is 0 Å². The maximum Gasteiger partial charge on any atom is 0.255 e. The Morgan fingerprint density at radius 2 is 1.79 bits per heavy atom. The van der Waals surface area contributed by atoms with Crippen LogP contribution in [-0.2, 0) is 6.54 Å². The Morgan fingerprint density at radius 1 is 1.00 bits per heavy atom. The minimum atomic E-state index is -0.408. The van der Waals surface area contributed by atoms with Gasteiger partial charge in [0.25, 0.3) is 11.8 Å². The third kappa shape index (κ3) is 6.68. The topological polar surface area (TPSA) is 74.6 Å². The molecule has 0 fully saturated rings. The lowest BCUT2D eigenvalue weighted by atomic mass is 10.1. The lowest BCUT2D eigenvalue weighted by molar-refractivity contribution is 0.0952. The molecule has 0 bridgehead atoms. The SMILES string of the molecule is CCCCN(Cc1ccco1)c1ccc(NC(=O)c2ccc(F)cc2)cc1C(=O)NCCC. The van der Waals surface area contributed by atoms with Gasteiger partial charge in [-0.05, 0) is 67.4 Å². The number of hydrogen-bond donors (Lipinski definition) is 2. The predicted octanol–water partition coefficient (Wildman–Crippen LogP) is 5.62. The largest absolute Gasteiger partial charge is 0.467 e. The number of carbonyl (C=O) groups excluding carboxylic acids is 2. The quantitative estimate of drug-likeness (QED) is 0.397. The molecule has 0 unspecified atom stereocenters. The van der Waals surface area contributed by atoms with Crippen molar-refractivity contribution < 1.29 is 18.4 Å². The third-order valence-electron chi connectivity index (χ3n) is 5.19. The van der Waals surface area contributed by atoms with Crippen molar-refractivity contribution in [2.45, 2.75) is 39.7 Å². The average molecular weight is 452 g/mol. The van der Waals surface area contributed by atoms with E-state index in [0.29, 0.717) is 29.9 Å². The summed E-state index contributed by atoms with van der Waals surface area (Å²) in [6.07, 6.45) is 4.42. The maximum atomic E-state index is 13.2. The summed E-state index contributed by atoms with van der Waals surface area (Å²) in [6.45, 7) is 5.95. The fourth-order valence-corrected chi connectivity index (χ4v) is 3.43. The Labute approximate surface area is 193 Å². The molecule has 1 aromatic heterocycles. The number of anilines is 2. The summed E-state index contributed by atoms with van der Waals surface area (Å²) in [5.41, 5.74) is 2.07. The van der Waals surface area contributed by atoms with Gasteiger partial charge in [-0.2, -0.15) is 0 Å². The van der Waals surface area contributed by atoms with Gasteiger partial charge in [0.15, 0.2) is 0 Å². The van der Waals surface area contributed by atoms with Gasteiger partial charge in [0.2, 0.25) is 0 Å². The van der Waals surface area contributed by atoms with Crippen LogP contribution in [0.5, 0.6) is 0 Å². The van der Waals surface area contributed by atoms with Crippen LogP contribution >= 0.6 is 0 Å². The second-order valence-electron chi connectivity index (χ2n) is 7.80. The van der Waals surface area contributed by atoms with Crippen molar-refractivity contribution in [1.29, 1.82) is 0 Å². The zero-order valence-electron chi connectivity index (χ0n) is 19.1. The van der Waals surface area contributed by atoms with Gasteiger partial charge in [0.1, 0.15) is 11.6 Å². The summed E-state index contributed by atoms with van der Waals surface area (Å²) in [5.74, 6) is -0.180. The van der Waals surface area contributed by atoms with Crippen LogP contribution in [0.15, 0.2) is 65.3 Å². The highest BCUT2D eigenvalue weighted by molar-refractivity contribution is 6.06. The number of halogens is 1. The van der Waals surface area contributed by atoms with Crippen molar-refractivity contribution in [2.24, 2.45) is 0 Å². The fraction of sp³-hybridized carbons (Fsp3) is 0.308.